The van der Waals surface area contributed by atoms with Gasteiger partial charge in [-0.3, -0.25) is 9.10 Å². The van der Waals surface area contributed by atoms with Gasteiger partial charge in [0.15, 0.2) is 6.10 Å². The molecule has 0 unspecified atom stereocenters. The van der Waals surface area contributed by atoms with Crippen molar-refractivity contribution < 1.29 is 27.4 Å². The molecule has 1 aliphatic heterocycles. The second-order valence-electron chi connectivity index (χ2n) is 7.75. The first kappa shape index (κ1) is 23.4. The molecule has 4 rings (SSSR count). The van der Waals surface area contributed by atoms with Crippen LogP contribution in [0.5, 0.6) is 17.2 Å². The van der Waals surface area contributed by atoms with Crippen LogP contribution < -0.4 is 23.8 Å². The predicted molar refractivity (Wildman–Crippen MR) is 128 cm³/mol. The van der Waals surface area contributed by atoms with Gasteiger partial charge in [0.05, 0.1) is 30.8 Å². The molecule has 1 N–H and O–H groups in total. The van der Waals surface area contributed by atoms with E-state index >= 15 is 0 Å². The van der Waals surface area contributed by atoms with E-state index in [1.165, 1.54) is 16.4 Å². The minimum absolute atomic E-state index is 0.143. The Hall–Kier alpha value is -3.72. The topological polar surface area (TPSA) is 94.2 Å². The third-order valence-corrected chi connectivity index (χ3v) is 7.11. The van der Waals surface area contributed by atoms with Gasteiger partial charge in [-0.25, -0.2) is 8.42 Å². The van der Waals surface area contributed by atoms with Crippen LogP contribution in [0, 0.1) is 6.92 Å². The number of nitrogens with one attached hydrogen (secondary N) is 1. The summed E-state index contributed by atoms with van der Waals surface area (Å²) in [6.07, 6.45) is -1.01. The molecule has 8 nitrogen and oxygen atoms in total. The lowest BCUT2D eigenvalue weighted by Crippen LogP contribution is -2.51. The summed E-state index contributed by atoms with van der Waals surface area (Å²) < 4.78 is 44.7. The van der Waals surface area contributed by atoms with Crippen LogP contribution in [0.25, 0.3) is 0 Å². The number of carbonyl (C=O) groups excluding carboxylic acids is 1. The molecule has 0 saturated heterocycles. The van der Waals surface area contributed by atoms with Crippen LogP contribution in [0.1, 0.15) is 5.56 Å². The van der Waals surface area contributed by atoms with E-state index in [2.05, 4.69) is 5.32 Å². The van der Waals surface area contributed by atoms with Crippen molar-refractivity contribution in [2.45, 2.75) is 17.9 Å². The Bertz CT molecular complexity index is 1260. The summed E-state index contributed by atoms with van der Waals surface area (Å²) in [6, 6.07) is 20.5. The van der Waals surface area contributed by atoms with Crippen molar-refractivity contribution in [1.82, 2.24) is 5.32 Å². The lowest BCUT2D eigenvalue weighted by Gasteiger charge is -2.35. The molecule has 0 bridgehead atoms. The first-order valence-electron chi connectivity index (χ1n) is 10.8. The summed E-state index contributed by atoms with van der Waals surface area (Å²) in [5, 5.41) is 2.76. The van der Waals surface area contributed by atoms with E-state index in [4.69, 9.17) is 14.2 Å². The molecule has 0 fully saturated rings. The van der Waals surface area contributed by atoms with Crippen LogP contribution in [0.15, 0.2) is 77.7 Å². The van der Waals surface area contributed by atoms with Gasteiger partial charge in [0.2, 0.25) is 0 Å². The van der Waals surface area contributed by atoms with Gasteiger partial charge in [0.25, 0.3) is 15.9 Å². The fraction of sp³-hybridized carbons (Fsp3) is 0.240. The molecule has 0 saturated carbocycles. The zero-order valence-electron chi connectivity index (χ0n) is 18.9. The number of benzene rings is 3. The summed E-state index contributed by atoms with van der Waals surface area (Å²) in [6.45, 7) is 2.18. The Morgan fingerprint density at radius 3 is 2.59 bits per heavy atom. The molecule has 0 aromatic heterocycles. The number of sulfonamides is 1. The van der Waals surface area contributed by atoms with Crippen molar-refractivity contribution in [2.24, 2.45) is 0 Å². The monoisotopic (exact) mass is 482 g/mol. The molecule has 0 aliphatic carbocycles. The minimum atomic E-state index is -3.89. The van der Waals surface area contributed by atoms with Crippen LogP contribution in [-0.4, -0.2) is 47.2 Å². The summed E-state index contributed by atoms with van der Waals surface area (Å²) in [5.41, 5.74) is 1.29. The van der Waals surface area contributed by atoms with Crippen LogP contribution in [0.3, 0.4) is 0 Å². The van der Waals surface area contributed by atoms with E-state index < -0.39 is 22.0 Å². The van der Waals surface area contributed by atoms with Crippen LogP contribution in [0.4, 0.5) is 5.69 Å². The van der Waals surface area contributed by atoms with Crippen molar-refractivity contribution in [3.05, 3.63) is 78.4 Å². The summed E-state index contributed by atoms with van der Waals surface area (Å²) in [4.78, 5) is 13.0. The fourth-order valence-electron chi connectivity index (χ4n) is 3.59. The van der Waals surface area contributed by atoms with Gasteiger partial charge >= 0.3 is 0 Å². The van der Waals surface area contributed by atoms with E-state index in [-0.39, 0.29) is 24.6 Å². The molecule has 1 heterocycles. The molecular weight excluding hydrogens is 456 g/mol. The number of ether oxygens (including phenoxy) is 3. The average Bonchev–Trinajstić information content (AvgIpc) is 2.86. The van der Waals surface area contributed by atoms with Gasteiger partial charge in [0.1, 0.15) is 23.9 Å². The smallest absolute Gasteiger partial charge is 0.264 e. The third kappa shape index (κ3) is 5.09. The Morgan fingerprint density at radius 1 is 1.06 bits per heavy atom. The van der Waals surface area contributed by atoms with E-state index in [1.807, 2.05) is 25.1 Å². The number of hydrogen-bond donors (Lipinski definition) is 1. The van der Waals surface area contributed by atoms with Gasteiger partial charge < -0.3 is 19.5 Å². The Labute approximate surface area is 199 Å². The SMILES string of the molecule is COc1cccc(OCCNC(=O)[C@H]2CN(S(=O)(=O)c3ccccc3)c3cc(C)ccc3O2)c1. The number of aryl methyl sites for hydroxylation is 1. The van der Waals surface area contributed by atoms with Gasteiger partial charge in [0, 0.05) is 6.07 Å². The second kappa shape index (κ2) is 10.0. The maximum absolute atomic E-state index is 13.4. The number of amides is 1. The van der Waals surface area contributed by atoms with Crippen molar-refractivity contribution in [1.29, 1.82) is 0 Å². The lowest BCUT2D eigenvalue weighted by atomic mass is 10.1. The van der Waals surface area contributed by atoms with E-state index in [0.717, 1.165) is 5.56 Å². The summed E-state index contributed by atoms with van der Waals surface area (Å²) >= 11 is 0. The fourth-order valence-corrected chi connectivity index (χ4v) is 5.08. The van der Waals surface area contributed by atoms with Gasteiger partial charge in [-0.05, 0) is 48.9 Å². The molecule has 1 atom stereocenters. The second-order valence-corrected chi connectivity index (χ2v) is 9.61. The maximum atomic E-state index is 13.4. The van der Waals surface area contributed by atoms with Crippen molar-refractivity contribution in [3.63, 3.8) is 0 Å². The number of hydrogen-bond acceptors (Lipinski definition) is 6. The molecule has 3 aromatic carbocycles. The highest BCUT2D eigenvalue weighted by atomic mass is 32.2. The zero-order valence-corrected chi connectivity index (χ0v) is 19.7. The molecule has 34 heavy (non-hydrogen) atoms. The average molecular weight is 483 g/mol. The highest BCUT2D eigenvalue weighted by Gasteiger charge is 2.37. The third-order valence-electron chi connectivity index (χ3n) is 5.32. The van der Waals surface area contributed by atoms with E-state index in [0.29, 0.717) is 22.9 Å². The van der Waals surface area contributed by atoms with Gasteiger partial charge in [-0.15, -0.1) is 0 Å². The summed E-state index contributed by atoms with van der Waals surface area (Å²) in [5.74, 6) is 1.20. The van der Waals surface area contributed by atoms with Crippen molar-refractivity contribution >= 4 is 21.6 Å². The molecule has 3 aromatic rings. The zero-order chi connectivity index (χ0) is 24.1. The van der Waals surface area contributed by atoms with Crippen molar-refractivity contribution in [2.75, 3.05) is 31.1 Å². The molecule has 0 radical (unpaired) electrons. The highest BCUT2D eigenvalue weighted by molar-refractivity contribution is 7.92. The highest BCUT2D eigenvalue weighted by Crippen LogP contribution is 2.37. The molecule has 1 amide bonds. The first-order valence-corrected chi connectivity index (χ1v) is 12.2. The molecule has 9 heteroatoms. The molecule has 0 spiro atoms. The first-order chi connectivity index (χ1) is 16.4. The van der Waals surface area contributed by atoms with Crippen LogP contribution in [-0.2, 0) is 14.8 Å². The Kier molecular flexibility index (Phi) is 6.93. The van der Waals surface area contributed by atoms with Crippen molar-refractivity contribution in [3.8, 4) is 17.2 Å². The number of carbonyl (C=O) groups is 1. The normalized spacial score (nSPS) is 15.1. The van der Waals surface area contributed by atoms with Gasteiger partial charge in [-0.2, -0.15) is 0 Å². The standard InChI is InChI=1S/C25H26N2O6S/c1-18-11-12-23-22(15-18)27(34(29,30)21-9-4-3-5-10-21)17-24(33-23)25(28)26-13-14-32-20-8-6-7-19(16-20)31-2/h3-12,15-16,24H,13-14,17H2,1-2H3,(H,26,28)/t24-/m1/s1. The number of anilines is 1. The van der Waals surface area contributed by atoms with Gasteiger partial charge in [-0.1, -0.05) is 30.3 Å². The molecule has 178 valence electrons. The Balaban J connectivity index is 1.46. The number of methoxy groups -OCH3 is 1. The largest absolute Gasteiger partial charge is 0.497 e. The number of fused-ring (bicyclic) bond motifs is 1. The molecular formula is C25H26N2O6S. The maximum Gasteiger partial charge on any atom is 0.264 e. The molecule has 1 aliphatic rings. The minimum Gasteiger partial charge on any atom is -0.497 e. The number of nitrogens with zero attached hydrogens (tertiary/aromatic N) is 1. The van der Waals surface area contributed by atoms with Crippen LogP contribution >= 0.6 is 0 Å². The van der Waals surface area contributed by atoms with Crippen LogP contribution in [0.2, 0.25) is 0 Å². The lowest BCUT2D eigenvalue weighted by molar-refractivity contribution is -0.127. The Morgan fingerprint density at radius 2 is 1.82 bits per heavy atom. The number of rotatable bonds is 8. The van der Waals surface area contributed by atoms with E-state index in [9.17, 15) is 13.2 Å². The summed E-state index contributed by atoms with van der Waals surface area (Å²) in [7, 11) is -2.32. The predicted octanol–water partition coefficient (Wildman–Crippen LogP) is 3.16. The quantitative estimate of drug-likeness (QED) is 0.496. The van der Waals surface area contributed by atoms with E-state index in [1.54, 1.807) is 49.6 Å².